The zero-order valence-electron chi connectivity index (χ0n) is 9.45. The van der Waals surface area contributed by atoms with Crippen LogP contribution in [0.3, 0.4) is 0 Å². The van der Waals surface area contributed by atoms with Crippen molar-refractivity contribution < 1.29 is 14.7 Å². The number of carbonyl (C=O) groups is 2. The van der Waals surface area contributed by atoms with E-state index in [1.165, 1.54) is 6.20 Å². The normalized spacial score (nSPS) is 10.1. The fourth-order valence-corrected chi connectivity index (χ4v) is 1.77. The van der Waals surface area contributed by atoms with Gasteiger partial charge < -0.3 is 10.4 Å². The Morgan fingerprint density at radius 3 is 2.72 bits per heavy atom. The molecular weight excluding hydrogens is 323 g/mol. The second kappa shape index (κ2) is 7.33. The molecule has 2 N–H and O–H groups in total. The minimum absolute atomic E-state index is 0.0759. The van der Waals surface area contributed by atoms with E-state index in [4.69, 9.17) is 16.7 Å². The van der Waals surface area contributed by atoms with E-state index in [1.54, 1.807) is 6.07 Å². The largest absolute Gasteiger partial charge is 0.481 e. The average Bonchev–Trinajstić information content (AvgIpc) is 2.29. The lowest BCUT2D eigenvalue weighted by Gasteiger charge is -2.06. The number of carboxylic acid groups (broad SMARTS) is 1. The van der Waals surface area contributed by atoms with Crippen molar-refractivity contribution in [1.82, 2.24) is 4.98 Å². The molecule has 98 valence electrons. The monoisotopic (exact) mass is 334 g/mol. The molecule has 0 atom stereocenters. The number of carbonyl (C=O) groups excluding carboxylic acids is 1. The molecule has 0 saturated carbocycles. The number of aliphatic carboxylic acids is 1. The molecule has 0 unspecified atom stereocenters. The molecule has 1 aromatic heterocycles. The van der Waals surface area contributed by atoms with E-state index in [0.29, 0.717) is 23.0 Å². The Morgan fingerprint density at radius 2 is 2.06 bits per heavy atom. The molecular formula is C11H12BrClN2O3. The summed E-state index contributed by atoms with van der Waals surface area (Å²) in [7, 11) is 0. The molecule has 0 aliphatic rings. The Kier molecular flexibility index (Phi) is 6.07. The molecule has 0 aliphatic heterocycles. The van der Waals surface area contributed by atoms with Crippen LogP contribution in [0.5, 0.6) is 0 Å². The number of nitrogens with zero attached hydrogens (tertiary/aromatic N) is 1. The van der Waals surface area contributed by atoms with Gasteiger partial charge in [0.15, 0.2) is 5.15 Å². The summed E-state index contributed by atoms with van der Waals surface area (Å²) in [6.07, 6.45) is 2.87. The van der Waals surface area contributed by atoms with Gasteiger partial charge in [0.1, 0.15) is 0 Å². The summed E-state index contributed by atoms with van der Waals surface area (Å²) in [4.78, 5) is 25.7. The van der Waals surface area contributed by atoms with Crippen LogP contribution in [0.2, 0.25) is 5.15 Å². The predicted octanol–water partition coefficient (Wildman–Crippen LogP) is 3.08. The first-order valence-corrected chi connectivity index (χ1v) is 6.49. The number of aromatic nitrogens is 1. The minimum atomic E-state index is -0.852. The molecule has 1 aromatic rings. The maximum absolute atomic E-state index is 11.6. The van der Waals surface area contributed by atoms with Crippen LogP contribution in [0.25, 0.3) is 0 Å². The van der Waals surface area contributed by atoms with Crippen molar-refractivity contribution >= 4 is 45.1 Å². The highest BCUT2D eigenvalue weighted by molar-refractivity contribution is 9.10. The van der Waals surface area contributed by atoms with Gasteiger partial charge in [-0.1, -0.05) is 11.6 Å². The quantitative estimate of drug-likeness (QED) is 0.618. The zero-order valence-corrected chi connectivity index (χ0v) is 11.8. The summed E-state index contributed by atoms with van der Waals surface area (Å²) in [5.41, 5.74) is 0.439. The molecule has 0 fully saturated rings. The number of hydrogen-bond donors (Lipinski definition) is 2. The molecule has 0 spiro atoms. The van der Waals surface area contributed by atoms with Gasteiger partial charge in [-0.05, 0) is 34.8 Å². The first kappa shape index (κ1) is 14.9. The Labute approximate surface area is 118 Å². The van der Waals surface area contributed by atoms with Gasteiger partial charge in [-0.3, -0.25) is 9.59 Å². The van der Waals surface area contributed by atoms with Gasteiger partial charge in [0, 0.05) is 23.5 Å². The van der Waals surface area contributed by atoms with Crippen molar-refractivity contribution in [2.75, 3.05) is 5.32 Å². The zero-order chi connectivity index (χ0) is 13.5. The number of halogens is 2. The number of rotatable bonds is 6. The number of unbranched alkanes of at least 4 members (excludes halogenated alkanes) is 1. The molecule has 5 nitrogen and oxygen atoms in total. The second-order valence-electron chi connectivity index (χ2n) is 3.64. The van der Waals surface area contributed by atoms with Crippen LogP contribution in [0, 0.1) is 0 Å². The Bertz CT molecular complexity index is 454. The number of hydrogen-bond acceptors (Lipinski definition) is 3. The van der Waals surface area contributed by atoms with Crippen LogP contribution in [-0.2, 0) is 9.59 Å². The Morgan fingerprint density at radius 1 is 1.39 bits per heavy atom. The summed E-state index contributed by atoms with van der Waals surface area (Å²) in [5.74, 6) is -1.06. The van der Waals surface area contributed by atoms with Crippen LogP contribution < -0.4 is 5.32 Å². The average molecular weight is 336 g/mol. The number of pyridine rings is 1. The highest BCUT2D eigenvalue weighted by Crippen LogP contribution is 2.23. The van der Waals surface area contributed by atoms with Gasteiger partial charge >= 0.3 is 5.97 Å². The minimum Gasteiger partial charge on any atom is -0.481 e. The molecule has 1 heterocycles. The molecule has 0 radical (unpaired) electrons. The summed E-state index contributed by atoms with van der Waals surface area (Å²) >= 11 is 9.05. The maximum atomic E-state index is 11.6. The van der Waals surface area contributed by atoms with E-state index >= 15 is 0 Å². The summed E-state index contributed by atoms with van der Waals surface area (Å²) in [6.45, 7) is 0. The third-order valence-corrected chi connectivity index (χ3v) is 2.86. The SMILES string of the molecule is O=C(O)CCCCC(=O)Nc1cc(Br)cnc1Cl. The van der Waals surface area contributed by atoms with Crippen molar-refractivity contribution in [3.63, 3.8) is 0 Å². The van der Waals surface area contributed by atoms with Crippen LogP contribution in [0.1, 0.15) is 25.7 Å². The van der Waals surface area contributed by atoms with E-state index in [2.05, 4.69) is 26.2 Å². The predicted molar refractivity (Wildman–Crippen MR) is 71.7 cm³/mol. The fourth-order valence-electron chi connectivity index (χ4n) is 1.28. The van der Waals surface area contributed by atoms with Gasteiger partial charge in [0.05, 0.1) is 5.69 Å². The lowest BCUT2D eigenvalue weighted by Crippen LogP contribution is -2.12. The van der Waals surface area contributed by atoms with Crippen LogP contribution in [0.4, 0.5) is 5.69 Å². The van der Waals surface area contributed by atoms with E-state index in [1.807, 2.05) is 0 Å². The lowest BCUT2D eigenvalue weighted by molar-refractivity contribution is -0.137. The highest BCUT2D eigenvalue weighted by Gasteiger charge is 2.07. The molecule has 1 amide bonds. The number of amides is 1. The van der Waals surface area contributed by atoms with Crippen molar-refractivity contribution in [1.29, 1.82) is 0 Å². The molecule has 1 rings (SSSR count). The number of carboxylic acids is 1. The standard InChI is InChI=1S/C11H12BrClN2O3/c12-7-5-8(11(13)14-6-7)15-9(16)3-1-2-4-10(17)18/h5-6H,1-4H2,(H,15,16)(H,17,18). The second-order valence-corrected chi connectivity index (χ2v) is 4.91. The van der Waals surface area contributed by atoms with Crippen LogP contribution in [0.15, 0.2) is 16.7 Å². The molecule has 0 saturated heterocycles. The van der Waals surface area contributed by atoms with Gasteiger partial charge in [-0.15, -0.1) is 0 Å². The van der Waals surface area contributed by atoms with E-state index in [0.717, 1.165) is 0 Å². The first-order valence-electron chi connectivity index (χ1n) is 5.31. The maximum Gasteiger partial charge on any atom is 0.303 e. The smallest absolute Gasteiger partial charge is 0.303 e. The van der Waals surface area contributed by atoms with Gasteiger partial charge in [0.2, 0.25) is 5.91 Å². The molecule has 18 heavy (non-hydrogen) atoms. The van der Waals surface area contributed by atoms with Gasteiger partial charge in [-0.25, -0.2) is 4.98 Å². The number of nitrogens with one attached hydrogen (secondary N) is 1. The fraction of sp³-hybridized carbons (Fsp3) is 0.364. The van der Waals surface area contributed by atoms with E-state index in [-0.39, 0.29) is 23.9 Å². The van der Waals surface area contributed by atoms with E-state index < -0.39 is 5.97 Å². The highest BCUT2D eigenvalue weighted by atomic mass is 79.9. The molecule has 7 heteroatoms. The summed E-state index contributed by atoms with van der Waals surface area (Å²) in [5, 5.41) is 11.3. The van der Waals surface area contributed by atoms with Gasteiger partial charge in [0.25, 0.3) is 0 Å². The van der Waals surface area contributed by atoms with Gasteiger partial charge in [-0.2, -0.15) is 0 Å². The Hall–Kier alpha value is -1.14. The lowest BCUT2D eigenvalue weighted by atomic mass is 10.2. The topological polar surface area (TPSA) is 79.3 Å². The van der Waals surface area contributed by atoms with Crippen LogP contribution in [-0.4, -0.2) is 22.0 Å². The summed E-state index contributed by atoms with van der Waals surface area (Å²) in [6, 6.07) is 1.66. The third kappa shape index (κ3) is 5.46. The molecule has 0 bridgehead atoms. The van der Waals surface area contributed by atoms with Crippen molar-refractivity contribution in [3.8, 4) is 0 Å². The molecule has 0 aromatic carbocycles. The molecule has 0 aliphatic carbocycles. The van der Waals surface area contributed by atoms with Crippen LogP contribution >= 0.6 is 27.5 Å². The van der Waals surface area contributed by atoms with E-state index in [9.17, 15) is 9.59 Å². The van der Waals surface area contributed by atoms with Crippen molar-refractivity contribution in [2.45, 2.75) is 25.7 Å². The summed E-state index contributed by atoms with van der Waals surface area (Å²) < 4.78 is 0.716. The van der Waals surface area contributed by atoms with Crippen molar-refractivity contribution in [2.24, 2.45) is 0 Å². The first-order chi connectivity index (χ1) is 8.49. The Balaban J connectivity index is 2.40. The van der Waals surface area contributed by atoms with Crippen molar-refractivity contribution in [3.05, 3.63) is 21.9 Å². The number of anilines is 1. The third-order valence-electron chi connectivity index (χ3n) is 2.12.